The topological polar surface area (TPSA) is 48.5 Å². The van der Waals surface area contributed by atoms with Crippen molar-refractivity contribution in [3.63, 3.8) is 0 Å². The second-order valence-electron chi connectivity index (χ2n) is 8.76. The van der Waals surface area contributed by atoms with Crippen LogP contribution in [0.5, 0.6) is 0 Å². The zero-order valence-corrected chi connectivity index (χ0v) is 18.9. The van der Waals surface area contributed by atoms with Gasteiger partial charge >= 0.3 is 0 Å². The minimum absolute atomic E-state index is 0.150. The van der Waals surface area contributed by atoms with Gasteiger partial charge in [-0.25, -0.2) is 0 Å². The molecule has 5 nitrogen and oxygen atoms in total. The minimum Gasteiger partial charge on any atom is -0.355 e. The first-order valence-electron chi connectivity index (χ1n) is 11.4. The van der Waals surface area contributed by atoms with E-state index in [1.165, 1.54) is 28.2 Å². The van der Waals surface area contributed by atoms with Crippen LogP contribution in [0.2, 0.25) is 0 Å². The zero-order valence-electron chi connectivity index (χ0n) is 18.1. The van der Waals surface area contributed by atoms with Crippen LogP contribution in [-0.4, -0.2) is 59.5 Å². The molecule has 1 atom stereocenters. The molecule has 162 valence electrons. The predicted molar refractivity (Wildman–Crippen MR) is 123 cm³/mol. The van der Waals surface area contributed by atoms with Crippen LogP contribution in [-0.2, 0) is 17.8 Å². The lowest BCUT2D eigenvalue weighted by atomic mass is 9.93. The molecule has 2 aliphatic heterocycles. The predicted octanol–water partition coefficient (Wildman–Crippen LogP) is 3.49. The number of hydrogen-bond donors (Lipinski definition) is 1. The van der Waals surface area contributed by atoms with Gasteiger partial charge in [-0.2, -0.15) is 0 Å². The van der Waals surface area contributed by atoms with Gasteiger partial charge in [-0.1, -0.05) is 6.07 Å². The van der Waals surface area contributed by atoms with Crippen LogP contribution >= 0.6 is 11.3 Å². The molecule has 0 bridgehead atoms. The zero-order chi connectivity index (χ0) is 20.8. The molecule has 6 heteroatoms. The molecule has 0 aliphatic carbocycles. The first kappa shape index (κ1) is 21.5. The number of piperidine rings is 2. The summed E-state index contributed by atoms with van der Waals surface area (Å²) in [7, 11) is 0. The molecule has 2 aromatic heterocycles. The van der Waals surface area contributed by atoms with E-state index in [0.717, 1.165) is 58.5 Å². The van der Waals surface area contributed by atoms with Gasteiger partial charge < -0.3 is 5.32 Å². The van der Waals surface area contributed by atoms with E-state index in [4.69, 9.17) is 0 Å². The number of hydrogen-bond acceptors (Lipinski definition) is 5. The number of amides is 1. The number of pyridine rings is 1. The van der Waals surface area contributed by atoms with E-state index in [-0.39, 0.29) is 11.8 Å². The van der Waals surface area contributed by atoms with Gasteiger partial charge in [-0.05, 0) is 82.4 Å². The molecular formula is C24H34N4OS. The largest absolute Gasteiger partial charge is 0.355 e. The number of aromatic nitrogens is 1. The smallest absolute Gasteiger partial charge is 0.224 e. The van der Waals surface area contributed by atoms with Gasteiger partial charge in [-0.3, -0.25) is 19.6 Å². The van der Waals surface area contributed by atoms with Crippen LogP contribution in [0.1, 0.15) is 41.0 Å². The summed E-state index contributed by atoms with van der Waals surface area (Å²) in [6.45, 7) is 8.22. The average Bonchev–Trinajstić information content (AvgIpc) is 3.20. The number of likely N-dealkylation sites (tertiary alicyclic amines) is 2. The molecule has 1 unspecified atom stereocenters. The lowest BCUT2D eigenvalue weighted by Crippen LogP contribution is -2.50. The highest BCUT2D eigenvalue weighted by Crippen LogP contribution is 2.25. The summed E-state index contributed by atoms with van der Waals surface area (Å²) in [5, 5.41) is 3.19. The van der Waals surface area contributed by atoms with Crippen molar-refractivity contribution in [3.05, 3.63) is 52.0 Å². The SMILES string of the molecule is Cc1ccc(CCNC(=O)C2CCCN(C3CCN(Cc4cccnc4)CC3)C2)s1. The highest BCUT2D eigenvalue weighted by atomic mass is 32.1. The Hall–Kier alpha value is -1.76. The number of nitrogens with one attached hydrogen (secondary N) is 1. The molecule has 0 saturated carbocycles. The van der Waals surface area contributed by atoms with Gasteiger partial charge in [0, 0.05) is 47.8 Å². The number of rotatable bonds is 7. The molecule has 4 heterocycles. The van der Waals surface area contributed by atoms with Crippen LogP contribution < -0.4 is 5.32 Å². The standard InChI is InChI=1S/C24H34N4OS/c1-19-6-7-23(30-19)8-12-26-24(29)21-5-3-13-28(18-21)22-9-14-27(15-10-22)17-20-4-2-11-25-16-20/h2,4,6-7,11,16,21-22H,3,5,8-10,12-15,17-18H2,1H3,(H,26,29). The lowest BCUT2D eigenvalue weighted by Gasteiger charge is -2.42. The normalized spacial score (nSPS) is 21.6. The van der Waals surface area contributed by atoms with E-state index in [2.05, 4.69) is 45.2 Å². The minimum atomic E-state index is 0.150. The second kappa shape index (κ2) is 10.5. The quantitative estimate of drug-likeness (QED) is 0.736. The van der Waals surface area contributed by atoms with E-state index in [1.807, 2.05) is 29.8 Å². The highest BCUT2D eigenvalue weighted by Gasteiger charge is 2.31. The van der Waals surface area contributed by atoms with Gasteiger partial charge in [-0.15, -0.1) is 11.3 Å². The average molecular weight is 427 g/mol. The fraction of sp³-hybridized carbons (Fsp3) is 0.583. The third-order valence-electron chi connectivity index (χ3n) is 6.49. The van der Waals surface area contributed by atoms with Crippen molar-refractivity contribution in [2.45, 2.75) is 51.6 Å². The summed E-state index contributed by atoms with van der Waals surface area (Å²) >= 11 is 1.83. The van der Waals surface area contributed by atoms with Crippen molar-refractivity contribution < 1.29 is 4.79 Å². The molecule has 4 rings (SSSR count). The van der Waals surface area contributed by atoms with Crippen molar-refractivity contribution in [1.29, 1.82) is 0 Å². The van der Waals surface area contributed by atoms with Crippen molar-refractivity contribution in [1.82, 2.24) is 20.1 Å². The van der Waals surface area contributed by atoms with Crippen molar-refractivity contribution in [2.24, 2.45) is 5.92 Å². The Morgan fingerprint density at radius 1 is 1.20 bits per heavy atom. The molecule has 1 N–H and O–H groups in total. The van der Waals surface area contributed by atoms with Crippen LogP contribution in [0.25, 0.3) is 0 Å². The first-order chi connectivity index (χ1) is 14.7. The van der Waals surface area contributed by atoms with Crippen molar-refractivity contribution >= 4 is 17.2 Å². The Kier molecular flexibility index (Phi) is 7.52. The number of thiophene rings is 1. The molecule has 0 spiro atoms. The van der Waals surface area contributed by atoms with Crippen molar-refractivity contribution in [3.8, 4) is 0 Å². The van der Waals surface area contributed by atoms with E-state index in [0.29, 0.717) is 6.04 Å². The maximum absolute atomic E-state index is 12.7. The van der Waals surface area contributed by atoms with E-state index in [9.17, 15) is 4.79 Å². The van der Waals surface area contributed by atoms with Gasteiger partial charge in [0.2, 0.25) is 5.91 Å². The van der Waals surface area contributed by atoms with Gasteiger partial charge in [0.15, 0.2) is 0 Å². The molecule has 0 radical (unpaired) electrons. The molecular weight excluding hydrogens is 392 g/mol. The Labute approximate surface area is 184 Å². The second-order valence-corrected chi connectivity index (χ2v) is 10.1. The maximum Gasteiger partial charge on any atom is 0.224 e. The molecule has 2 saturated heterocycles. The number of carbonyl (C=O) groups excluding carboxylic acids is 1. The first-order valence-corrected chi connectivity index (χ1v) is 12.2. The van der Waals surface area contributed by atoms with Crippen LogP contribution in [0.15, 0.2) is 36.7 Å². The molecule has 2 aromatic rings. The third kappa shape index (κ3) is 5.90. The molecule has 1 amide bonds. The van der Waals surface area contributed by atoms with E-state index < -0.39 is 0 Å². The monoisotopic (exact) mass is 426 g/mol. The van der Waals surface area contributed by atoms with Crippen LogP contribution in [0.4, 0.5) is 0 Å². The van der Waals surface area contributed by atoms with Crippen molar-refractivity contribution in [2.75, 3.05) is 32.7 Å². The van der Waals surface area contributed by atoms with Gasteiger partial charge in [0.25, 0.3) is 0 Å². The Bertz CT molecular complexity index is 801. The third-order valence-corrected chi connectivity index (χ3v) is 7.55. The maximum atomic E-state index is 12.7. The lowest BCUT2D eigenvalue weighted by molar-refractivity contribution is -0.127. The summed E-state index contributed by atoms with van der Waals surface area (Å²) in [5.74, 6) is 0.402. The number of aryl methyl sites for hydroxylation is 1. The Morgan fingerprint density at radius 2 is 2.07 bits per heavy atom. The summed E-state index contributed by atoms with van der Waals surface area (Å²) in [4.78, 5) is 24.8. The fourth-order valence-corrected chi connectivity index (χ4v) is 5.71. The summed E-state index contributed by atoms with van der Waals surface area (Å²) in [5.41, 5.74) is 1.29. The summed E-state index contributed by atoms with van der Waals surface area (Å²) in [6, 6.07) is 9.13. The Balaban J connectivity index is 1.19. The Morgan fingerprint density at radius 3 is 2.80 bits per heavy atom. The van der Waals surface area contributed by atoms with Crippen LogP contribution in [0, 0.1) is 12.8 Å². The van der Waals surface area contributed by atoms with Gasteiger partial charge in [0.1, 0.15) is 0 Å². The fourth-order valence-electron chi connectivity index (χ4n) is 4.82. The van der Waals surface area contributed by atoms with Gasteiger partial charge in [0.05, 0.1) is 5.92 Å². The summed E-state index contributed by atoms with van der Waals surface area (Å²) in [6.07, 6.45) is 9.31. The molecule has 0 aromatic carbocycles. The molecule has 2 fully saturated rings. The number of nitrogens with zero attached hydrogens (tertiary/aromatic N) is 3. The summed E-state index contributed by atoms with van der Waals surface area (Å²) < 4.78 is 0. The van der Waals surface area contributed by atoms with E-state index >= 15 is 0 Å². The number of carbonyl (C=O) groups is 1. The molecule has 30 heavy (non-hydrogen) atoms. The molecule has 2 aliphatic rings. The van der Waals surface area contributed by atoms with E-state index in [1.54, 1.807) is 0 Å². The van der Waals surface area contributed by atoms with Crippen LogP contribution in [0.3, 0.4) is 0 Å². The highest BCUT2D eigenvalue weighted by molar-refractivity contribution is 7.11.